The molecule has 27 heavy (non-hydrogen) atoms. The number of benzene rings is 2. The number of esters is 1. The van der Waals surface area contributed by atoms with Crippen molar-refractivity contribution in [1.82, 2.24) is 0 Å². The van der Waals surface area contributed by atoms with E-state index in [-0.39, 0.29) is 24.7 Å². The summed E-state index contributed by atoms with van der Waals surface area (Å²) in [5.74, 6) is 0.971. The number of carbonyl (C=O) groups excluding carboxylic acids is 1. The van der Waals surface area contributed by atoms with Gasteiger partial charge in [-0.25, -0.2) is 18.4 Å². The molecule has 0 bridgehead atoms. The van der Waals surface area contributed by atoms with Crippen molar-refractivity contribution >= 4 is 16.0 Å². The molecule has 0 amide bonds. The lowest BCUT2D eigenvalue weighted by atomic mass is 10.0. The maximum absolute atomic E-state index is 11.7. The molecular weight excluding hydrogens is 370 g/mol. The Labute approximate surface area is 159 Å². The maximum atomic E-state index is 11.7. The molecule has 0 radical (unpaired) electrons. The van der Waals surface area contributed by atoms with Crippen molar-refractivity contribution in [3.05, 3.63) is 54.1 Å². The number of rotatable bonds is 9. The Morgan fingerprint density at radius 2 is 1.48 bits per heavy atom. The third-order valence-corrected chi connectivity index (χ3v) is 4.60. The van der Waals surface area contributed by atoms with Gasteiger partial charge < -0.3 is 14.2 Å². The van der Waals surface area contributed by atoms with Crippen LogP contribution in [0.1, 0.15) is 25.3 Å². The van der Waals surface area contributed by atoms with Gasteiger partial charge in [0.25, 0.3) is 0 Å². The Hall–Kier alpha value is -2.58. The Kier molecular flexibility index (Phi) is 7.20. The van der Waals surface area contributed by atoms with Gasteiger partial charge in [-0.2, -0.15) is 0 Å². The summed E-state index contributed by atoms with van der Waals surface area (Å²) in [5.41, 5.74) is 1.19. The summed E-state index contributed by atoms with van der Waals surface area (Å²) in [7, 11) is -3.73. The van der Waals surface area contributed by atoms with Crippen molar-refractivity contribution in [3.63, 3.8) is 0 Å². The Morgan fingerprint density at radius 3 is 2.04 bits per heavy atom. The summed E-state index contributed by atoms with van der Waals surface area (Å²) in [6.07, 6.45) is 0. The van der Waals surface area contributed by atoms with E-state index in [1.54, 1.807) is 0 Å². The first-order valence-corrected chi connectivity index (χ1v) is 9.94. The minimum atomic E-state index is -3.73. The van der Waals surface area contributed by atoms with E-state index in [1.807, 2.05) is 24.3 Å². The highest BCUT2D eigenvalue weighted by Crippen LogP contribution is 2.18. The van der Waals surface area contributed by atoms with Crippen LogP contribution < -0.4 is 14.6 Å². The van der Waals surface area contributed by atoms with Crippen LogP contribution in [0.2, 0.25) is 0 Å². The molecule has 0 heterocycles. The summed E-state index contributed by atoms with van der Waals surface area (Å²) in [6, 6.07) is 13.2. The van der Waals surface area contributed by atoms with E-state index in [2.05, 4.69) is 13.8 Å². The molecule has 2 rings (SSSR count). The van der Waals surface area contributed by atoms with Crippen LogP contribution in [0.25, 0.3) is 0 Å². The minimum absolute atomic E-state index is 0.000136. The first kappa shape index (κ1) is 20.7. The van der Waals surface area contributed by atoms with Gasteiger partial charge in [0.1, 0.15) is 24.7 Å². The van der Waals surface area contributed by atoms with Crippen LogP contribution in [0.5, 0.6) is 11.5 Å². The lowest BCUT2D eigenvalue weighted by Crippen LogP contribution is -2.18. The van der Waals surface area contributed by atoms with E-state index in [1.165, 1.54) is 29.8 Å². The van der Waals surface area contributed by atoms with E-state index in [0.717, 1.165) is 0 Å². The van der Waals surface area contributed by atoms with Crippen molar-refractivity contribution < 1.29 is 27.4 Å². The number of hydrogen-bond donors (Lipinski definition) is 1. The average molecular weight is 393 g/mol. The lowest BCUT2D eigenvalue weighted by molar-refractivity contribution is -0.146. The van der Waals surface area contributed by atoms with Gasteiger partial charge in [0.15, 0.2) is 6.61 Å². The predicted octanol–water partition coefficient (Wildman–Crippen LogP) is 2.46. The second-order valence-electron chi connectivity index (χ2n) is 6.10. The molecule has 0 unspecified atom stereocenters. The third kappa shape index (κ3) is 6.92. The van der Waals surface area contributed by atoms with Gasteiger partial charge in [-0.3, -0.25) is 0 Å². The fraction of sp³-hybridized carbons (Fsp3) is 0.316. The minimum Gasteiger partial charge on any atom is -0.490 e. The molecule has 0 spiro atoms. The number of sulfonamides is 1. The topological polar surface area (TPSA) is 105 Å². The molecule has 0 aromatic heterocycles. The summed E-state index contributed by atoms with van der Waals surface area (Å²) in [5, 5.41) is 5.01. The highest BCUT2D eigenvalue weighted by molar-refractivity contribution is 7.89. The third-order valence-electron chi connectivity index (χ3n) is 3.67. The number of nitrogens with two attached hydrogens (primary N) is 1. The molecule has 0 saturated carbocycles. The van der Waals surface area contributed by atoms with Crippen molar-refractivity contribution in [2.45, 2.75) is 24.7 Å². The van der Waals surface area contributed by atoms with E-state index >= 15 is 0 Å². The predicted molar refractivity (Wildman–Crippen MR) is 100 cm³/mol. The van der Waals surface area contributed by atoms with Crippen LogP contribution in [0.3, 0.4) is 0 Å². The van der Waals surface area contributed by atoms with Crippen LogP contribution >= 0.6 is 0 Å². The van der Waals surface area contributed by atoms with Gasteiger partial charge in [0, 0.05) is 0 Å². The number of hydrogen-bond acceptors (Lipinski definition) is 6. The SMILES string of the molecule is CC(C)c1ccc(OCC(=O)OCCOc2ccc(S(N)(=O)=O)cc2)cc1. The molecule has 0 saturated heterocycles. The standard InChI is InChI=1S/C19H23NO6S/c1-14(2)15-3-5-17(6-4-15)26-13-19(21)25-12-11-24-16-7-9-18(10-8-16)27(20,22)23/h3-10,14H,11-13H2,1-2H3,(H2,20,22,23). The van der Waals surface area contributed by atoms with Gasteiger partial charge in [0.05, 0.1) is 4.90 Å². The first-order chi connectivity index (χ1) is 12.8. The van der Waals surface area contributed by atoms with Crippen LogP contribution in [0, 0.1) is 0 Å². The summed E-state index contributed by atoms with van der Waals surface area (Å²) in [4.78, 5) is 11.7. The van der Waals surface area contributed by atoms with Gasteiger partial charge >= 0.3 is 5.97 Å². The average Bonchev–Trinajstić information content (AvgIpc) is 2.63. The molecular formula is C19H23NO6S. The monoisotopic (exact) mass is 393 g/mol. The molecule has 146 valence electrons. The summed E-state index contributed by atoms with van der Waals surface area (Å²) >= 11 is 0. The molecule has 2 N–H and O–H groups in total. The molecule has 2 aromatic rings. The lowest BCUT2D eigenvalue weighted by Gasteiger charge is -2.10. The summed E-state index contributed by atoms with van der Waals surface area (Å²) in [6.45, 7) is 4.19. The second kappa shape index (κ2) is 9.38. The van der Waals surface area contributed by atoms with E-state index in [0.29, 0.717) is 17.4 Å². The van der Waals surface area contributed by atoms with Crippen molar-refractivity contribution in [3.8, 4) is 11.5 Å². The fourth-order valence-corrected chi connectivity index (χ4v) is 2.69. The highest BCUT2D eigenvalue weighted by Gasteiger charge is 2.08. The Bertz CT molecular complexity index is 845. The fourth-order valence-electron chi connectivity index (χ4n) is 2.17. The van der Waals surface area contributed by atoms with E-state index in [9.17, 15) is 13.2 Å². The Morgan fingerprint density at radius 1 is 0.926 bits per heavy atom. The normalized spacial score (nSPS) is 11.3. The highest BCUT2D eigenvalue weighted by atomic mass is 32.2. The zero-order chi connectivity index (χ0) is 19.9. The smallest absolute Gasteiger partial charge is 0.344 e. The van der Waals surface area contributed by atoms with E-state index < -0.39 is 16.0 Å². The molecule has 2 aromatic carbocycles. The molecule has 8 heteroatoms. The summed E-state index contributed by atoms with van der Waals surface area (Å²) < 4.78 is 38.1. The van der Waals surface area contributed by atoms with Gasteiger partial charge in [-0.05, 0) is 47.9 Å². The Balaban J connectivity index is 1.67. The molecule has 0 fully saturated rings. The zero-order valence-electron chi connectivity index (χ0n) is 15.3. The van der Waals surface area contributed by atoms with Crippen LogP contribution in [-0.4, -0.2) is 34.2 Å². The van der Waals surface area contributed by atoms with Crippen LogP contribution in [-0.2, 0) is 19.6 Å². The molecule has 0 aliphatic carbocycles. The van der Waals surface area contributed by atoms with Gasteiger partial charge in [0.2, 0.25) is 10.0 Å². The maximum Gasteiger partial charge on any atom is 0.344 e. The van der Waals surface area contributed by atoms with E-state index in [4.69, 9.17) is 19.3 Å². The molecule has 0 aliphatic rings. The van der Waals surface area contributed by atoms with Crippen LogP contribution in [0.4, 0.5) is 0 Å². The number of carbonyl (C=O) groups is 1. The van der Waals surface area contributed by atoms with Crippen molar-refractivity contribution in [2.75, 3.05) is 19.8 Å². The second-order valence-corrected chi connectivity index (χ2v) is 7.66. The van der Waals surface area contributed by atoms with Crippen molar-refractivity contribution in [1.29, 1.82) is 0 Å². The number of primary sulfonamides is 1. The number of ether oxygens (including phenoxy) is 3. The zero-order valence-corrected chi connectivity index (χ0v) is 16.1. The first-order valence-electron chi connectivity index (χ1n) is 8.40. The molecule has 0 aliphatic heterocycles. The van der Waals surface area contributed by atoms with Gasteiger partial charge in [-0.1, -0.05) is 26.0 Å². The quantitative estimate of drug-likeness (QED) is 0.518. The molecule has 7 nitrogen and oxygen atoms in total. The molecule has 0 atom stereocenters. The van der Waals surface area contributed by atoms with Gasteiger partial charge in [-0.15, -0.1) is 0 Å². The largest absolute Gasteiger partial charge is 0.490 e. The van der Waals surface area contributed by atoms with Crippen molar-refractivity contribution in [2.24, 2.45) is 5.14 Å². The van der Waals surface area contributed by atoms with Crippen LogP contribution in [0.15, 0.2) is 53.4 Å².